The maximum Gasteiger partial charge on any atom is 0.214 e. The van der Waals surface area contributed by atoms with Gasteiger partial charge in [-0.1, -0.05) is 23.7 Å². The number of hydrogen-bond donors (Lipinski definition) is 2. The molecular formula is C22H28ClNO4. The highest BCUT2D eigenvalue weighted by Gasteiger charge is 2.24. The summed E-state index contributed by atoms with van der Waals surface area (Å²) in [6.07, 6.45) is -0.122. The van der Waals surface area contributed by atoms with Gasteiger partial charge >= 0.3 is 0 Å². The lowest BCUT2D eigenvalue weighted by atomic mass is 9.91. The molecule has 0 bridgehead atoms. The predicted molar refractivity (Wildman–Crippen MR) is 111 cm³/mol. The zero-order valence-corrected chi connectivity index (χ0v) is 17.5. The molecule has 6 heteroatoms. The number of hydrogen-bond acceptors (Lipinski definition) is 5. The Labute approximate surface area is 171 Å². The summed E-state index contributed by atoms with van der Waals surface area (Å²) in [5.41, 5.74) is 2.59. The van der Waals surface area contributed by atoms with Gasteiger partial charge < -0.3 is 19.3 Å². The Morgan fingerprint density at radius 3 is 2.75 bits per heavy atom. The normalized spacial score (nSPS) is 17.6. The lowest BCUT2D eigenvalue weighted by Crippen LogP contribution is -2.40. The lowest BCUT2D eigenvalue weighted by Gasteiger charge is -2.29. The minimum absolute atomic E-state index is 0.233. The molecule has 0 spiro atoms. The average molecular weight is 406 g/mol. The summed E-state index contributed by atoms with van der Waals surface area (Å²) in [6, 6.07) is 11.7. The first-order valence-corrected chi connectivity index (χ1v) is 9.84. The first-order valence-electron chi connectivity index (χ1n) is 9.47. The molecule has 1 unspecified atom stereocenters. The van der Waals surface area contributed by atoms with E-state index in [1.165, 1.54) is 0 Å². The number of benzene rings is 2. The Kier molecular flexibility index (Phi) is 6.50. The van der Waals surface area contributed by atoms with Crippen molar-refractivity contribution in [2.75, 3.05) is 20.3 Å². The van der Waals surface area contributed by atoms with Gasteiger partial charge in [0, 0.05) is 23.0 Å². The molecule has 0 saturated heterocycles. The van der Waals surface area contributed by atoms with Gasteiger partial charge in [0.15, 0.2) is 0 Å². The average Bonchev–Trinajstić information content (AvgIpc) is 2.65. The molecule has 1 aliphatic heterocycles. The smallest absolute Gasteiger partial charge is 0.214 e. The number of aliphatic hydroxyl groups excluding tert-OH is 1. The second-order valence-corrected chi connectivity index (χ2v) is 8.33. The van der Waals surface area contributed by atoms with E-state index in [2.05, 4.69) is 11.4 Å². The van der Waals surface area contributed by atoms with Crippen LogP contribution in [0.25, 0.3) is 11.1 Å². The Bertz CT molecular complexity index is 819. The van der Waals surface area contributed by atoms with Gasteiger partial charge in [-0.25, -0.2) is 0 Å². The highest BCUT2D eigenvalue weighted by molar-refractivity contribution is 6.33. The van der Waals surface area contributed by atoms with Gasteiger partial charge in [-0.2, -0.15) is 0 Å². The topological polar surface area (TPSA) is 60.0 Å². The molecule has 1 heterocycles. The molecule has 0 aromatic heterocycles. The van der Waals surface area contributed by atoms with Crippen LogP contribution < -0.4 is 14.8 Å². The molecule has 28 heavy (non-hydrogen) atoms. The fourth-order valence-electron chi connectivity index (χ4n) is 3.32. The maximum atomic E-state index is 10.0. The third-order valence-corrected chi connectivity index (χ3v) is 5.00. The van der Waals surface area contributed by atoms with E-state index < -0.39 is 12.0 Å². The third-order valence-electron chi connectivity index (χ3n) is 4.67. The summed E-state index contributed by atoms with van der Waals surface area (Å²) in [5, 5.41) is 13.8. The Morgan fingerprint density at radius 1 is 1.25 bits per heavy atom. The van der Waals surface area contributed by atoms with Gasteiger partial charge in [0.05, 0.1) is 19.3 Å². The van der Waals surface area contributed by atoms with Crippen molar-refractivity contribution in [2.24, 2.45) is 0 Å². The summed E-state index contributed by atoms with van der Waals surface area (Å²) >= 11 is 6.39. The summed E-state index contributed by atoms with van der Waals surface area (Å²) in [6.45, 7) is 6.96. The van der Waals surface area contributed by atoms with Crippen molar-refractivity contribution in [1.82, 2.24) is 5.32 Å². The van der Waals surface area contributed by atoms with Crippen molar-refractivity contribution in [3.8, 4) is 22.6 Å². The largest absolute Gasteiger partial charge is 0.497 e. The second-order valence-electron chi connectivity index (χ2n) is 7.92. The molecule has 2 atom stereocenters. The number of aliphatic hydroxyl groups is 1. The van der Waals surface area contributed by atoms with Crippen molar-refractivity contribution in [3.63, 3.8) is 0 Å². The van der Waals surface area contributed by atoms with E-state index in [-0.39, 0.29) is 5.92 Å². The third kappa shape index (κ3) is 5.17. The van der Waals surface area contributed by atoms with Crippen molar-refractivity contribution in [1.29, 1.82) is 0 Å². The minimum atomic E-state index is -0.999. The quantitative estimate of drug-likeness (QED) is 0.690. The molecule has 2 aromatic rings. The minimum Gasteiger partial charge on any atom is -0.497 e. The van der Waals surface area contributed by atoms with E-state index in [9.17, 15) is 5.11 Å². The predicted octanol–water partition coefficient (Wildman–Crippen LogP) is 4.56. The standard InChI is InChI=1S/C22H28ClNO4/c1-22(2,3)28-21(25)24-13-15-9-10-27-20-11-14(5-7-17(15)20)18-12-16(26-4)6-8-19(18)23/h5-8,11-12,15,21,24-25H,9-10,13H2,1-4H3/t15-,21?/m0/s1. The number of nitrogens with one attached hydrogen (secondary N) is 1. The molecule has 5 nitrogen and oxygen atoms in total. The van der Waals surface area contributed by atoms with Gasteiger partial charge in [0.2, 0.25) is 6.41 Å². The van der Waals surface area contributed by atoms with Crippen LogP contribution in [-0.2, 0) is 4.74 Å². The van der Waals surface area contributed by atoms with Crippen molar-refractivity contribution >= 4 is 11.6 Å². The van der Waals surface area contributed by atoms with Crippen LogP contribution in [0.2, 0.25) is 5.02 Å². The van der Waals surface area contributed by atoms with Crippen LogP contribution in [0.15, 0.2) is 36.4 Å². The van der Waals surface area contributed by atoms with Crippen molar-refractivity contribution in [3.05, 3.63) is 47.0 Å². The molecule has 2 aromatic carbocycles. The number of rotatable bonds is 6. The van der Waals surface area contributed by atoms with E-state index in [1.807, 2.05) is 51.1 Å². The number of methoxy groups -OCH3 is 1. The molecule has 3 rings (SSSR count). The van der Waals surface area contributed by atoms with Gasteiger partial charge in [-0.15, -0.1) is 0 Å². The van der Waals surface area contributed by atoms with Crippen LogP contribution in [0.4, 0.5) is 0 Å². The van der Waals surface area contributed by atoms with Crippen molar-refractivity contribution in [2.45, 2.75) is 45.1 Å². The second kappa shape index (κ2) is 8.70. The van der Waals surface area contributed by atoms with E-state index in [0.29, 0.717) is 18.2 Å². The number of ether oxygens (including phenoxy) is 3. The zero-order valence-electron chi connectivity index (χ0n) is 16.8. The SMILES string of the molecule is COc1ccc(Cl)c(-c2ccc3c(c2)OCC[C@H]3CNC(O)OC(C)(C)C)c1. The molecule has 1 aliphatic rings. The Hall–Kier alpha value is -1.79. The zero-order chi connectivity index (χ0) is 20.3. The molecule has 0 amide bonds. The molecule has 0 radical (unpaired) electrons. The highest BCUT2D eigenvalue weighted by Crippen LogP contribution is 2.39. The van der Waals surface area contributed by atoms with Crippen LogP contribution in [0, 0.1) is 0 Å². The Balaban J connectivity index is 1.77. The fourth-order valence-corrected chi connectivity index (χ4v) is 3.54. The molecule has 2 N–H and O–H groups in total. The molecule has 0 aliphatic carbocycles. The van der Waals surface area contributed by atoms with E-state index in [0.717, 1.165) is 34.6 Å². The summed E-state index contributed by atoms with van der Waals surface area (Å²) in [5.74, 6) is 1.84. The van der Waals surface area contributed by atoms with E-state index in [1.54, 1.807) is 7.11 Å². The Morgan fingerprint density at radius 2 is 2.04 bits per heavy atom. The lowest BCUT2D eigenvalue weighted by molar-refractivity contribution is -0.181. The van der Waals surface area contributed by atoms with Crippen LogP contribution in [0.5, 0.6) is 11.5 Å². The first-order chi connectivity index (χ1) is 13.3. The monoisotopic (exact) mass is 405 g/mol. The van der Waals surface area contributed by atoms with E-state index >= 15 is 0 Å². The number of fused-ring (bicyclic) bond motifs is 1. The molecule has 0 saturated carbocycles. The maximum absolute atomic E-state index is 10.0. The van der Waals surface area contributed by atoms with Gasteiger partial charge in [-0.3, -0.25) is 5.32 Å². The van der Waals surface area contributed by atoms with Crippen LogP contribution >= 0.6 is 11.6 Å². The fraction of sp³-hybridized carbons (Fsp3) is 0.455. The van der Waals surface area contributed by atoms with Crippen LogP contribution in [0.1, 0.15) is 38.7 Å². The molecular weight excluding hydrogens is 378 g/mol. The number of halogens is 1. The summed E-state index contributed by atoms with van der Waals surface area (Å²) in [7, 11) is 1.64. The molecule has 0 fully saturated rings. The van der Waals surface area contributed by atoms with Gasteiger partial charge in [0.25, 0.3) is 0 Å². The van der Waals surface area contributed by atoms with Crippen LogP contribution in [-0.4, -0.2) is 37.4 Å². The summed E-state index contributed by atoms with van der Waals surface area (Å²) < 4.78 is 16.7. The van der Waals surface area contributed by atoms with E-state index in [4.69, 9.17) is 25.8 Å². The van der Waals surface area contributed by atoms with Gasteiger partial charge in [0.1, 0.15) is 11.5 Å². The van der Waals surface area contributed by atoms with Crippen LogP contribution in [0.3, 0.4) is 0 Å². The molecule has 152 valence electrons. The first kappa shape index (κ1) is 20.9. The summed E-state index contributed by atoms with van der Waals surface area (Å²) in [4.78, 5) is 0. The highest BCUT2D eigenvalue weighted by atomic mass is 35.5. The van der Waals surface area contributed by atoms with Gasteiger partial charge in [-0.05, 0) is 62.6 Å². The van der Waals surface area contributed by atoms with Crippen molar-refractivity contribution < 1.29 is 19.3 Å².